The Morgan fingerprint density at radius 2 is 2.00 bits per heavy atom. The summed E-state index contributed by atoms with van der Waals surface area (Å²) in [6.07, 6.45) is 12.9. The van der Waals surface area contributed by atoms with Gasteiger partial charge in [-0.3, -0.25) is 11.3 Å². The van der Waals surface area contributed by atoms with Crippen LogP contribution in [0.15, 0.2) is 0 Å². The van der Waals surface area contributed by atoms with E-state index < -0.39 is 0 Å². The van der Waals surface area contributed by atoms with E-state index in [0.29, 0.717) is 6.04 Å². The Morgan fingerprint density at radius 3 is 2.50 bits per heavy atom. The number of nitrogens with two attached hydrogens (primary N) is 1. The Balaban J connectivity index is 1.85. The maximum atomic E-state index is 5.59. The van der Waals surface area contributed by atoms with E-state index in [4.69, 9.17) is 12.3 Å². The summed E-state index contributed by atoms with van der Waals surface area (Å²) in [7, 11) is 0. The highest BCUT2D eigenvalue weighted by molar-refractivity contribution is 5.04. The molecule has 3 atom stereocenters. The van der Waals surface area contributed by atoms with Crippen molar-refractivity contribution < 1.29 is 0 Å². The molecule has 0 heterocycles. The van der Waals surface area contributed by atoms with Crippen molar-refractivity contribution in [1.29, 1.82) is 0 Å². The molecule has 0 radical (unpaired) electrons. The van der Waals surface area contributed by atoms with E-state index in [1.165, 1.54) is 25.7 Å². The summed E-state index contributed by atoms with van der Waals surface area (Å²) in [5.41, 5.74) is 2.96. The normalized spacial score (nSPS) is 37.0. The predicted molar refractivity (Wildman–Crippen MR) is 58.1 cm³/mol. The van der Waals surface area contributed by atoms with Gasteiger partial charge in [-0.25, -0.2) is 0 Å². The first-order valence-electron chi connectivity index (χ1n) is 5.78. The number of hydrogen-bond donors (Lipinski definition) is 2. The van der Waals surface area contributed by atoms with Crippen molar-refractivity contribution >= 4 is 0 Å². The number of fused-ring (bicyclic) bond motifs is 1. The van der Waals surface area contributed by atoms with Gasteiger partial charge >= 0.3 is 0 Å². The minimum absolute atomic E-state index is 0.471. The van der Waals surface area contributed by atoms with Crippen LogP contribution in [0, 0.1) is 30.1 Å². The zero-order chi connectivity index (χ0) is 9.97. The van der Waals surface area contributed by atoms with Gasteiger partial charge in [-0.1, -0.05) is 12.8 Å². The summed E-state index contributed by atoms with van der Waals surface area (Å²) >= 11 is 0. The average Bonchev–Trinajstić information content (AvgIpc) is 2.94. The highest BCUT2D eigenvalue weighted by atomic mass is 15.2. The van der Waals surface area contributed by atoms with Gasteiger partial charge in [0.2, 0.25) is 0 Å². The van der Waals surface area contributed by atoms with Gasteiger partial charge in [0.25, 0.3) is 0 Å². The molecule has 0 bridgehead atoms. The molecule has 3 unspecified atom stereocenters. The van der Waals surface area contributed by atoms with Crippen molar-refractivity contribution in [3.05, 3.63) is 0 Å². The van der Waals surface area contributed by atoms with Crippen molar-refractivity contribution in [3.63, 3.8) is 0 Å². The van der Waals surface area contributed by atoms with E-state index in [-0.39, 0.29) is 0 Å². The van der Waals surface area contributed by atoms with Gasteiger partial charge in [0.15, 0.2) is 0 Å². The van der Waals surface area contributed by atoms with Crippen LogP contribution in [-0.4, -0.2) is 6.04 Å². The topological polar surface area (TPSA) is 38.0 Å². The van der Waals surface area contributed by atoms with Crippen LogP contribution in [0.25, 0.3) is 0 Å². The Labute approximate surface area is 86.6 Å². The second-order valence-electron chi connectivity index (χ2n) is 4.71. The largest absolute Gasteiger partial charge is 0.271 e. The summed E-state index contributed by atoms with van der Waals surface area (Å²) in [5.74, 6) is 11.0. The van der Waals surface area contributed by atoms with Crippen molar-refractivity contribution in [2.75, 3.05) is 0 Å². The second kappa shape index (κ2) is 4.33. The van der Waals surface area contributed by atoms with Crippen LogP contribution >= 0.6 is 0 Å². The monoisotopic (exact) mass is 192 g/mol. The van der Waals surface area contributed by atoms with Crippen LogP contribution in [0.5, 0.6) is 0 Å². The molecule has 0 aromatic heterocycles. The molecule has 0 spiro atoms. The Hall–Kier alpha value is -0.520. The number of terminal acetylenes is 1. The molecule has 0 aliphatic heterocycles. The third kappa shape index (κ3) is 1.80. The molecule has 3 N–H and O–H groups in total. The summed E-state index contributed by atoms with van der Waals surface area (Å²) in [4.78, 5) is 0. The molecule has 2 heteroatoms. The molecule has 0 saturated heterocycles. The summed E-state index contributed by atoms with van der Waals surface area (Å²) in [5, 5.41) is 0. The highest BCUT2D eigenvalue weighted by Gasteiger charge is 2.53. The fourth-order valence-electron chi connectivity index (χ4n) is 3.27. The lowest BCUT2D eigenvalue weighted by Gasteiger charge is -2.14. The van der Waals surface area contributed by atoms with Gasteiger partial charge < -0.3 is 0 Å². The van der Waals surface area contributed by atoms with E-state index in [9.17, 15) is 0 Å². The smallest absolute Gasteiger partial charge is 0.0253 e. The minimum Gasteiger partial charge on any atom is -0.271 e. The van der Waals surface area contributed by atoms with Gasteiger partial charge in [0.1, 0.15) is 0 Å². The molecule has 2 nitrogen and oxygen atoms in total. The first-order valence-corrected chi connectivity index (χ1v) is 5.78. The average molecular weight is 192 g/mol. The molecule has 14 heavy (non-hydrogen) atoms. The molecule has 78 valence electrons. The van der Waals surface area contributed by atoms with Crippen molar-refractivity contribution in [3.8, 4) is 12.3 Å². The molecule has 2 fully saturated rings. The highest BCUT2D eigenvalue weighted by Crippen LogP contribution is 2.57. The third-order valence-electron chi connectivity index (χ3n) is 4.00. The van der Waals surface area contributed by atoms with E-state index in [1.54, 1.807) is 0 Å². The van der Waals surface area contributed by atoms with E-state index >= 15 is 0 Å². The first-order chi connectivity index (χ1) is 6.88. The minimum atomic E-state index is 0.471. The molecule has 0 aromatic rings. The Bertz CT molecular complexity index is 219. The van der Waals surface area contributed by atoms with Gasteiger partial charge in [0, 0.05) is 12.5 Å². The fraction of sp³-hybridized carbons (Fsp3) is 0.833. The molecular weight excluding hydrogens is 172 g/mol. The van der Waals surface area contributed by atoms with Crippen LogP contribution < -0.4 is 11.3 Å². The molecular formula is C12H20N2. The molecule has 2 aliphatic carbocycles. The van der Waals surface area contributed by atoms with E-state index in [0.717, 1.165) is 30.6 Å². The van der Waals surface area contributed by atoms with Gasteiger partial charge in [-0.05, 0) is 37.0 Å². The standard InChI is InChI=1S/C12H20N2/c1-2-3-8-11(14-13)12-9-6-4-5-7-10(9)12/h1,9-12,14H,3-8,13H2. The zero-order valence-corrected chi connectivity index (χ0v) is 8.71. The molecule has 0 amide bonds. The van der Waals surface area contributed by atoms with E-state index in [1.807, 2.05) is 0 Å². The Kier molecular flexibility index (Phi) is 3.10. The third-order valence-corrected chi connectivity index (χ3v) is 4.00. The number of rotatable bonds is 4. The fourth-order valence-corrected chi connectivity index (χ4v) is 3.27. The SMILES string of the molecule is C#CCCC(NN)C1C2CCCCC21. The van der Waals surface area contributed by atoms with Gasteiger partial charge in [0.05, 0.1) is 0 Å². The quantitative estimate of drug-likeness (QED) is 0.404. The van der Waals surface area contributed by atoms with Crippen LogP contribution in [0.3, 0.4) is 0 Å². The van der Waals surface area contributed by atoms with Crippen molar-refractivity contribution in [2.24, 2.45) is 23.6 Å². The maximum absolute atomic E-state index is 5.59. The van der Waals surface area contributed by atoms with Crippen LogP contribution in [0.2, 0.25) is 0 Å². The summed E-state index contributed by atoms with van der Waals surface area (Å²) in [6.45, 7) is 0. The molecule has 2 saturated carbocycles. The molecule has 0 aromatic carbocycles. The summed E-state index contributed by atoms with van der Waals surface area (Å²) < 4.78 is 0. The van der Waals surface area contributed by atoms with Crippen LogP contribution in [0.1, 0.15) is 38.5 Å². The maximum Gasteiger partial charge on any atom is 0.0253 e. The van der Waals surface area contributed by atoms with Crippen LogP contribution in [0.4, 0.5) is 0 Å². The lowest BCUT2D eigenvalue weighted by Crippen LogP contribution is -2.37. The van der Waals surface area contributed by atoms with E-state index in [2.05, 4.69) is 11.3 Å². The number of hydrogen-bond acceptors (Lipinski definition) is 2. The first kappa shape index (κ1) is 10.0. The zero-order valence-electron chi connectivity index (χ0n) is 8.71. The lowest BCUT2D eigenvalue weighted by molar-refractivity contribution is 0.419. The number of nitrogens with one attached hydrogen (secondary N) is 1. The predicted octanol–water partition coefficient (Wildman–Crippen LogP) is 1.67. The number of hydrazine groups is 1. The van der Waals surface area contributed by atoms with Gasteiger partial charge in [-0.2, -0.15) is 0 Å². The van der Waals surface area contributed by atoms with Crippen molar-refractivity contribution in [2.45, 2.75) is 44.6 Å². The molecule has 2 rings (SSSR count). The van der Waals surface area contributed by atoms with Gasteiger partial charge in [-0.15, -0.1) is 12.3 Å². The lowest BCUT2D eigenvalue weighted by atomic mass is 10.0. The second-order valence-corrected chi connectivity index (χ2v) is 4.71. The molecule has 2 aliphatic rings. The van der Waals surface area contributed by atoms with Crippen molar-refractivity contribution in [1.82, 2.24) is 5.43 Å². The Morgan fingerprint density at radius 1 is 1.36 bits per heavy atom. The van der Waals surface area contributed by atoms with Crippen LogP contribution in [-0.2, 0) is 0 Å². The summed E-state index contributed by atoms with van der Waals surface area (Å²) in [6, 6.07) is 0.471.